The minimum atomic E-state index is -1.45. The van der Waals surface area contributed by atoms with E-state index < -0.39 is 11.2 Å². The second kappa shape index (κ2) is 6.82. The van der Waals surface area contributed by atoms with E-state index in [1.54, 1.807) is 19.4 Å². The van der Waals surface area contributed by atoms with Crippen molar-refractivity contribution in [2.45, 2.75) is 17.0 Å². The lowest BCUT2D eigenvalue weighted by molar-refractivity contribution is 0.414. The maximum Gasteiger partial charge on any atom is 0.327 e. The zero-order valence-corrected chi connectivity index (χ0v) is 15.2. The van der Waals surface area contributed by atoms with Gasteiger partial charge in [0.1, 0.15) is 5.75 Å². The fraction of sp³-hybridized carbons (Fsp3) is 0.100. The van der Waals surface area contributed by atoms with Crippen molar-refractivity contribution in [3.63, 3.8) is 0 Å². The van der Waals surface area contributed by atoms with Gasteiger partial charge in [-0.05, 0) is 42.8 Å². The summed E-state index contributed by atoms with van der Waals surface area (Å²) in [7, 11) is 1.61. The average molecular weight is 363 g/mol. The van der Waals surface area contributed by atoms with Crippen LogP contribution in [0.2, 0.25) is 0 Å². The maximum absolute atomic E-state index is 13.2. The number of fused-ring (bicyclic) bond motifs is 1. The van der Waals surface area contributed by atoms with E-state index in [1.165, 1.54) is 0 Å². The van der Waals surface area contributed by atoms with E-state index in [4.69, 9.17) is 4.74 Å². The highest BCUT2D eigenvalue weighted by Crippen LogP contribution is 2.31. The number of imidazole rings is 1. The molecule has 4 rings (SSSR count). The third kappa shape index (κ3) is 3.05. The van der Waals surface area contributed by atoms with Crippen LogP contribution < -0.4 is 4.74 Å². The molecule has 0 saturated heterocycles. The molecule has 0 fully saturated rings. The molecule has 0 spiro atoms. The van der Waals surface area contributed by atoms with Gasteiger partial charge in [-0.15, -0.1) is 0 Å². The Kier molecular flexibility index (Phi) is 4.36. The van der Waals surface area contributed by atoms with Gasteiger partial charge in [0.2, 0.25) is 0 Å². The van der Waals surface area contributed by atoms with Gasteiger partial charge >= 0.3 is 5.16 Å². The number of benzene rings is 2. The van der Waals surface area contributed by atoms with E-state index in [9.17, 15) is 4.55 Å². The lowest BCUT2D eigenvalue weighted by Gasteiger charge is -2.11. The number of ether oxygens (including phenoxy) is 1. The maximum atomic E-state index is 13.2. The zero-order chi connectivity index (χ0) is 18.1. The first-order valence-corrected chi connectivity index (χ1v) is 9.28. The molecule has 0 aliphatic heterocycles. The lowest BCUT2D eigenvalue weighted by atomic mass is 10.1. The van der Waals surface area contributed by atoms with Gasteiger partial charge in [-0.25, -0.2) is 0 Å². The molecule has 2 aromatic heterocycles. The van der Waals surface area contributed by atoms with Crippen LogP contribution in [0.15, 0.2) is 70.8 Å². The first-order chi connectivity index (χ1) is 12.7. The highest BCUT2D eigenvalue weighted by Gasteiger charge is 2.24. The van der Waals surface area contributed by atoms with Gasteiger partial charge in [0, 0.05) is 12.3 Å². The molecule has 2 heterocycles. The van der Waals surface area contributed by atoms with Gasteiger partial charge in [0.15, 0.2) is 4.90 Å². The second-order valence-electron chi connectivity index (χ2n) is 5.91. The number of nitrogens with zero attached hydrogens (tertiary/aromatic N) is 2. The van der Waals surface area contributed by atoms with Crippen molar-refractivity contribution in [1.82, 2.24) is 15.0 Å². The number of aromatic nitrogens is 3. The van der Waals surface area contributed by atoms with Crippen molar-refractivity contribution in [2.24, 2.45) is 0 Å². The highest BCUT2D eigenvalue weighted by atomic mass is 32.2. The van der Waals surface area contributed by atoms with Crippen LogP contribution in [-0.4, -0.2) is 26.6 Å². The van der Waals surface area contributed by atoms with Crippen molar-refractivity contribution in [1.29, 1.82) is 0 Å². The number of hydrogen-bond acceptors (Lipinski definition) is 4. The molecule has 4 aromatic rings. The number of rotatable bonds is 4. The molecule has 0 aliphatic carbocycles. The summed E-state index contributed by atoms with van der Waals surface area (Å²) < 4.78 is 18.5. The predicted octanol–water partition coefficient (Wildman–Crippen LogP) is 4.11. The molecule has 0 amide bonds. The summed E-state index contributed by atoms with van der Waals surface area (Å²) in [5.41, 5.74) is 4.30. The number of aryl methyl sites for hydroxylation is 1. The summed E-state index contributed by atoms with van der Waals surface area (Å²) in [6.07, 6.45) is 1.68. The molecule has 2 aromatic carbocycles. The van der Waals surface area contributed by atoms with Crippen LogP contribution in [0.5, 0.6) is 5.75 Å². The van der Waals surface area contributed by atoms with E-state index in [1.807, 2.05) is 55.5 Å². The first kappa shape index (κ1) is 16.6. The van der Waals surface area contributed by atoms with Crippen LogP contribution in [0.4, 0.5) is 0 Å². The summed E-state index contributed by atoms with van der Waals surface area (Å²) in [5.74, 6) is 0.704. The summed E-state index contributed by atoms with van der Waals surface area (Å²) in [6, 6.07) is 17.1. The van der Waals surface area contributed by atoms with Crippen molar-refractivity contribution in [2.75, 3.05) is 7.11 Å². The van der Waals surface area contributed by atoms with Crippen LogP contribution in [0, 0.1) is 6.92 Å². The largest absolute Gasteiger partial charge is 0.604 e. The molecule has 6 heteroatoms. The molecule has 1 unspecified atom stereocenters. The molecule has 26 heavy (non-hydrogen) atoms. The topological polar surface area (TPSA) is 73.9 Å². The van der Waals surface area contributed by atoms with Gasteiger partial charge in [-0.2, -0.15) is 4.98 Å². The minimum absolute atomic E-state index is 0.431. The monoisotopic (exact) mass is 363 g/mol. The van der Waals surface area contributed by atoms with Gasteiger partial charge < -0.3 is 9.29 Å². The normalized spacial score (nSPS) is 12.3. The molecule has 0 aliphatic rings. The van der Waals surface area contributed by atoms with Crippen molar-refractivity contribution in [3.05, 3.63) is 66.4 Å². The number of nitrogens with one attached hydrogen (secondary N) is 1. The third-order valence-electron chi connectivity index (χ3n) is 4.12. The first-order valence-electron chi connectivity index (χ1n) is 8.13. The molecule has 0 radical (unpaired) electrons. The molecule has 0 bridgehead atoms. The smallest absolute Gasteiger partial charge is 0.327 e. The number of H-pyrrole nitrogens is 1. The van der Waals surface area contributed by atoms with E-state index in [0.717, 1.165) is 22.2 Å². The second-order valence-corrected chi connectivity index (χ2v) is 7.27. The fourth-order valence-corrected chi connectivity index (χ4v) is 3.98. The molecular weight excluding hydrogens is 346 g/mol. The molecular formula is C20H17N3O2S. The Morgan fingerprint density at radius 2 is 1.92 bits per heavy atom. The van der Waals surface area contributed by atoms with Crippen LogP contribution in [0.1, 0.15) is 5.56 Å². The number of methoxy groups -OCH3 is 1. The van der Waals surface area contributed by atoms with Crippen LogP contribution >= 0.6 is 0 Å². The Balaban J connectivity index is 1.79. The SMILES string of the molecule is COc1ccnc(-c2ccccc2[S+]([O-])c2nc3cc(C)ccc3[nH]2)c1. The Morgan fingerprint density at radius 1 is 1.08 bits per heavy atom. The molecule has 5 nitrogen and oxygen atoms in total. The van der Waals surface area contributed by atoms with Crippen molar-refractivity contribution < 1.29 is 9.29 Å². The Morgan fingerprint density at radius 3 is 2.77 bits per heavy atom. The number of pyridine rings is 1. The van der Waals surface area contributed by atoms with Gasteiger partial charge in [-0.1, -0.05) is 18.2 Å². The minimum Gasteiger partial charge on any atom is -0.604 e. The summed E-state index contributed by atoms with van der Waals surface area (Å²) in [5, 5.41) is 0.431. The lowest BCUT2D eigenvalue weighted by Crippen LogP contribution is -2.06. The highest BCUT2D eigenvalue weighted by molar-refractivity contribution is 7.91. The Labute approximate surface area is 154 Å². The van der Waals surface area contributed by atoms with Crippen LogP contribution in [0.3, 0.4) is 0 Å². The standard InChI is InChI=1S/C20H17N3O2S/c1-13-7-8-16-18(11-13)23-20(22-16)26(24)19-6-4-3-5-15(19)17-12-14(25-2)9-10-21-17/h3-12H,1-2H3,(H,22,23). The predicted molar refractivity (Wildman–Crippen MR) is 102 cm³/mol. The fourth-order valence-electron chi connectivity index (χ4n) is 2.81. The van der Waals surface area contributed by atoms with E-state index in [0.29, 0.717) is 21.5 Å². The van der Waals surface area contributed by atoms with Gasteiger partial charge in [0.05, 0.1) is 40.6 Å². The van der Waals surface area contributed by atoms with Crippen LogP contribution in [-0.2, 0) is 11.2 Å². The molecule has 130 valence electrons. The summed E-state index contributed by atoms with van der Waals surface area (Å²) >= 11 is -1.45. The number of aromatic amines is 1. The quantitative estimate of drug-likeness (QED) is 0.554. The Hall–Kier alpha value is -2.83. The third-order valence-corrected chi connectivity index (χ3v) is 5.42. The van der Waals surface area contributed by atoms with E-state index in [-0.39, 0.29) is 0 Å². The van der Waals surface area contributed by atoms with E-state index >= 15 is 0 Å². The van der Waals surface area contributed by atoms with Crippen molar-refractivity contribution in [3.8, 4) is 17.0 Å². The van der Waals surface area contributed by atoms with Gasteiger partial charge in [-0.3, -0.25) is 9.97 Å². The van der Waals surface area contributed by atoms with Gasteiger partial charge in [0.25, 0.3) is 0 Å². The van der Waals surface area contributed by atoms with E-state index in [2.05, 4.69) is 15.0 Å². The Bertz CT molecular complexity index is 1080. The average Bonchev–Trinajstić information content (AvgIpc) is 3.10. The molecule has 1 N–H and O–H groups in total. The summed E-state index contributed by atoms with van der Waals surface area (Å²) in [6.45, 7) is 2.01. The number of hydrogen-bond donors (Lipinski definition) is 1. The van der Waals surface area contributed by atoms with Crippen molar-refractivity contribution >= 4 is 22.2 Å². The zero-order valence-electron chi connectivity index (χ0n) is 14.4. The molecule has 0 saturated carbocycles. The van der Waals surface area contributed by atoms with Crippen LogP contribution in [0.25, 0.3) is 22.3 Å². The summed E-state index contributed by atoms with van der Waals surface area (Å²) in [4.78, 5) is 12.7. The molecule has 1 atom stereocenters.